The van der Waals surface area contributed by atoms with Crippen molar-refractivity contribution in [1.82, 2.24) is 20.4 Å². The van der Waals surface area contributed by atoms with E-state index in [-0.39, 0.29) is 24.4 Å². The summed E-state index contributed by atoms with van der Waals surface area (Å²) in [6.45, 7) is 0.751. The Balaban J connectivity index is 0.00000176. The van der Waals surface area contributed by atoms with Gasteiger partial charge in [-0.05, 0) is 43.6 Å². The van der Waals surface area contributed by atoms with E-state index in [9.17, 15) is 4.79 Å². The molecule has 5 nitrogen and oxygen atoms in total. The highest BCUT2D eigenvalue weighted by Crippen LogP contribution is 2.33. The number of hydrogen-bond donors (Lipinski definition) is 2. The van der Waals surface area contributed by atoms with Gasteiger partial charge in [0, 0.05) is 25.8 Å². The fourth-order valence-electron chi connectivity index (χ4n) is 3.75. The average molecular weight is 327 g/mol. The number of fused-ring (bicyclic) bond motifs is 1. The Morgan fingerprint density at radius 2 is 2.27 bits per heavy atom. The van der Waals surface area contributed by atoms with E-state index in [0.29, 0.717) is 6.04 Å². The molecule has 2 fully saturated rings. The molecule has 3 atom stereocenters. The molecular formula is C16H27ClN4O. The Labute approximate surface area is 138 Å². The molecular weight excluding hydrogens is 300 g/mol. The standard InChI is InChI=1S/C16H26N4O.ClH/c1-20-11-12(10-18-20)5-4-8-17-16(21)15-9-13-6-2-3-7-14(13)19-15;/h10-11,13-15,19H,2-9H2,1H3,(H,17,21);1H. The molecule has 2 heterocycles. The summed E-state index contributed by atoms with van der Waals surface area (Å²) < 4.78 is 1.82. The first-order valence-electron chi connectivity index (χ1n) is 8.23. The predicted molar refractivity (Wildman–Crippen MR) is 89.1 cm³/mol. The summed E-state index contributed by atoms with van der Waals surface area (Å²) in [5, 5.41) is 10.8. The Morgan fingerprint density at radius 1 is 1.45 bits per heavy atom. The van der Waals surface area contributed by atoms with Crippen molar-refractivity contribution in [3.63, 3.8) is 0 Å². The molecule has 2 N–H and O–H groups in total. The van der Waals surface area contributed by atoms with Gasteiger partial charge in [0.15, 0.2) is 0 Å². The van der Waals surface area contributed by atoms with Crippen molar-refractivity contribution in [1.29, 1.82) is 0 Å². The van der Waals surface area contributed by atoms with Crippen LogP contribution in [0.25, 0.3) is 0 Å². The summed E-state index contributed by atoms with van der Waals surface area (Å²) in [4.78, 5) is 12.2. The number of nitrogens with zero attached hydrogens (tertiary/aromatic N) is 2. The Bertz CT molecular complexity index is 476. The molecule has 6 heteroatoms. The maximum Gasteiger partial charge on any atom is 0.237 e. The van der Waals surface area contributed by atoms with Crippen LogP contribution in [0, 0.1) is 5.92 Å². The van der Waals surface area contributed by atoms with Gasteiger partial charge >= 0.3 is 0 Å². The van der Waals surface area contributed by atoms with Gasteiger partial charge in [-0.15, -0.1) is 12.4 Å². The van der Waals surface area contributed by atoms with E-state index < -0.39 is 0 Å². The van der Waals surface area contributed by atoms with Crippen LogP contribution in [0.4, 0.5) is 0 Å². The van der Waals surface area contributed by atoms with Crippen LogP contribution in [-0.4, -0.2) is 34.3 Å². The lowest BCUT2D eigenvalue weighted by atomic mass is 9.85. The third-order valence-electron chi connectivity index (χ3n) is 4.88. The van der Waals surface area contributed by atoms with Gasteiger partial charge < -0.3 is 10.6 Å². The highest BCUT2D eigenvalue weighted by atomic mass is 35.5. The number of aryl methyl sites for hydroxylation is 2. The van der Waals surface area contributed by atoms with Crippen LogP contribution in [0.2, 0.25) is 0 Å². The van der Waals surface area contributed by atoms with Crippen molar-refractivity contribution in [2.75, 3.05) is 6.54 Å². The molecule has 3 rings (SSSR count). The Kier molecular flexibility index (Phi) is 6.26. The van der Waals surface area contributed by atoms with Gasteiger partial charge in [-0.3, -0.25) is 9.48 Å². The molecule has 0 spiro atoms. The van der Waals surface area contributed by atoms with E-state index in [1.54, 1.807) is 0 Å². The van der Waals surface area contributed by atoms with E-state index in [1.165, 1.54) is 31.2 Å². The highest BCUT2D eigenvalue weighted by molar-refractivity contribution is 5.85. The second kappa shape index (κ2) is 7.97. The Morgan fingerprint density at radius 3 is 3.00 bits per heavy atom. The predicted octanol–water partition coefficient (Wildman–Crippen LogP) is 1.81. The summed E-state index contributed by atoms with van der Waals surface area (Å²) in [5.74, 6) is 0.917. The maximum absolute atomic E-state index is 12.2. The first-order valence-corrected chi connectivity index (χ1v) is 8.23. The van der Waals surface area contributed by atoms with Gasteiger partial charge in [-0.25, -0.2) is 0 Å². The minimum Gasteiger partial charge on any atom is -0.355 e. The lowest BCUT2D eigenvalue weighted by Crippen LogP contribution is -2.43. The van der Waals surface area contributed by atoms with E-state index >= 15 is 0 Å². The van der Waals surface area contributed by atoms with Crippen molar-refractivity contribution in [2.24, 2.45) is 13.0 Å². The monoisotopic (exact) mass is 326 g/mol. The van der Waals surface area contributed by atoms with Crippen molar-refractivity contribution in [3.05, 3.63) is 18.0 Å². The Hall–Kier alpha value is -1.07. The number of rotatable bonds is 5. The molecule has 1 saturated heterocycles. The number of halogens is 1. The van der Waals surface area contributed by atoms with Crippen molar-refractivity contribution in [2.45, 2.75) is 57.0 Å². The second-order valence-electron chi connectivity index (χ2n) is 6.52. The molecule has 1 aromatic rings. The topological polar surface area (TPSA) is 59.0 Å². The first kappa shape index (κ1) is 17.3. The minimum absolute atomic E-state index is 0. The van der Waals surface area contributed by atoms with Crippen molar-refractivity contribution >= 4 is 18.3 Å². The summed E-state index contributed by atoms with van der Waals surface area (Å²) in [5.41, 5.74) is 1.23. The number of amides is 1. The third-order valence-corrected chi connectivity index (χ3v) is 4.88. The molecule has 1 saturated carbocycles. The van der Waals surface area contributed by atoms with Crippen LogP contribution < -0.4 is 10.6 Å². The normalized spacial score (nSPS) is 27.0. The van der Waals surface area contributed by atoms with Crippen molar-refractivity contribution in [3.8, 4) is 0 Å². The van der Waals surface area contributed by atoms with Crippen LogP contribution in [-0.2, 0) is 18.3 Å². The summed E-state index contributed by atoms with van der Waals surface area (Å²) >= 11 is 0. The van der Waals surface area contributed by atoms with Gasteiger partial charge in [-0.2, -0.15) is 5.10 Å². The smallest absolute Gasteiger partial charge is 0.237 e. The van der Waals surface area contributed by atoms with Crippen molar-refractivity contribution < 1.29 is 4.79 Å². The fraction of sp³-hybridized carbons (Fsp3) is 0.750. The maximum atomic E-state index is 12.2. The van der Waals surface area contributed by atoms with E-state index in [0.717, 1.165) is 31.7 Å². The number of carbonyl (C=O) groups excluding carboxylic acids is 1. The summed E-state index contributed by atoms with van der Waals surface area (Å²) in [6.07, 6.45) is 12.1. The highest BCUT2D eigenvalue weighted by Gasteiger charge is 2.37. The molecule has 0 radical (unpaired) electrons. The molecule has 1 aromatic heterocycles. The molecule has 124 valence electrons. The van der Waals surface area contributed by atoms with Crippen LogP contribution in [0.1, 0.15) is 44.1 Å². The molecule has 1 amide bonds. The SMILES string of the molecule is Cl.Cn1cc(CCCNC(=O)C2CC3CCCCC3N2)cn1. The molecule has 2 aliphatic rings. The van der Waals surface area contributed by atoms with Crippen LogP contribution in [0.15, 0.2) is 12.4 Å². The first-order chi connectivity index (χ1) is 10.2. The van der Waals surface area contributed by atoms with Gasteiger partial charge in [0.25, 0.3) is 0 Å². The van der Waals surface area contributed by atoms with Gasteiger partial charge in [-0.1, -0.05) is 12.8 Å². The lowest BCUT2D eigenvalue weighted by molar-refractivity contribution is -0.122. The quantitative estimate of drug-likeness (QED) is 0.811. The van der Waals surface area contributed by atoms with E-state index in [4.69, 9.17) is 0 Å². The zero-order chi connectivity index (χ0) is 14.7. The number of nitrogens with one attached hydrogen (secondary N) is 2. The summed E-state index contributed by atoms with van der Waals surface area (Å²) in [7, 11) is 1.93. The molecule has 22 heavy (non-hydrogen) atoms. The molecule has 1 aliphatic carbocycles. The van der Waals surface area contributed by atoms with Crippen LogP contribution in [0.5, 0.6) is 0 Å². The zero-order valence-corrected chi connectivity index (χ0v) is 14.1. The van der Waals surface area contributed by atoms with Gasteiger partial charge in [0.2, 0.25) is 5.91 Å². The van der Waals surface area contributed by atoms with Crippen LogP contribution in [0.3, 0.4) is 0 Å². The largest absolute Gasteiger partial charge is 0.355 e. The number of carbonyl (C=O) groups is 1. The lowest BCUT2D eigenvalue weighted by Gasteiger charge is -2.24. The molecule has 0 aromatic carbocycles. The summed E-state index contributed by atoms with van der Waals surface area (Å²) in [6, 6.07) is 0.626. The van der Waals surface area contributed by atoms with E-state index in [2.05, 4.69) is 15.7 Å². The molecule has 3 unspecified atom stereocenters. The van der Waals surface area contributed by atoms with E-state index in [1.807, 2.05) is 24.1 Å². The molecule has 1 aliphatic heterocycles. The minimum atomic E-state index is 0. The number of aromatic nitrogens is 2. The third kappa shape index (κ3) is 4.23. The van der Waals surface area contributed by atoms with Gasteiger partial charge in [0.05, 0.1) is 12.2 Å². The second-order valence-corrected chi connectivity index (χ2v) is 6.52. The van der Waals surface area contributed by atoms with Gasteiger partial charge in [0.1, 0.15) is 0 Å². The zero-order valence-electron chi connectivity index (χ0n) is 13.3. The van der Waals surface area contributed by atoms with Crippen LogP contribution >= 0.6 is 12.4 Å². The fourth-order valence-corrected chi connectivity index (χ4v) is 3.75. The number of hydrogen-bond acceptors (Lipinski definition) is 3. The molecule has 0 bridgehead atoms. The average Bonchev–Trinajstić information content (AvgIpc) is 3.09.